The second-order valence-electron chi connectivity index (χ2n) is 8.74. The first-order valence-electron chi connectivity index (χ1n) is 11.1. The van der Waals surface area contributed by atoms with Crippen molar-refractivity contribution in [3.05, 3.63) is 63.3 Å². The number of nitrogens with one attached hydrogen (secondary N) is 1. The van der Waals surface area contributed by atoms with E-state index in [9.17, 15) is 27.9 Å². The number of aryl methyl sites for hydroxylation is 1. The van der Waals surface area contributed by atoms with Gasteiger partial charge >= 0.3 is 12.3 Å². The van der Waals surface area contributed by atoms with Crippen molar-refractivity contribution in [2.45, 2.75) is 32.5 Å². The summed E-state index contributed by atoms with van der Waals surface area (Å²) in [4.78, 5) is 34.4. The van der Waals surface area contributed by atoms with Gasteiger partial charge in [0.15, 0.2) is 0 Å². The Balaban J connectivity index is 1.78. The van der Waals surface area contributed by atoms with Crippen LogP contribution < -0.4 is 16.6 Å². The van der Waals surface area contributed by atoms with Gasteiger partial charge in [-0.05, 0) is 55.7 Å². The van der Waals surface area contributed by atoms with E-state index in [1.54, 1.807) is 33.0 Å². The molecule has 2 aromatic heterocycles. The van der Waals surface area contributed by atoms with Crippen LogP contribution in [-0.4, -0.2) is 43.7 Å². The van der Waals surface area contributed by atoms with Gasteiger partial charge in [0.05, 0.1) is 17.0 Å². The Morgan fingerprint density at radius 3 is 2.56 bits per heavy atom. The number of amides is 1. The molecular weight excluding hydrogens is 477 g/mol. The second kappa shape index (κ2) is 9.17. The fourth-order valence-corrected chi connectivity index (χ4v) is 4.26. The number of nitrogens with two attached hydrogens (primary N) is 1. The van der Waals surface area contributed by atoms with Gasteiger partial charge in [0.25, 0.3) is 5.56 Å². The van der Waals surface area contributed by atoms with Crippen LogP contribution in [0, 0.1) is 6.92 Å². The van der Waals surface area contributed by atoms with Gasteiger partial charge in [0.2, 0.25) is 0 Å². The zero-order valence-electron chi connectivity index (χ0n) is 19.8. The van der Waals surface area contributed by atoms with Gasteiger partial charge in [0, 0.05) is 31.5 Å². The monoisotopic (exact) mass is 502 g/mol. The summed E-state index contributed by atoms with van der Waals surface area (Å²) in [6.45, 7) is 3.77. The van der Waals surface area contributed by atoms with Gasteiger partial charge in [-0.25, -0.2) is 14.8 Å². The lowest BCUT2D eigenvalue weighted by molar-refractivity contribution is -0.137. The quantitative estimate of drug-likeness (QED) is 0.457. The van der Waals surface area contributed by atoms with Gasteiger partial charge in [-0.1, -0.05) is 6.08 Å². The number of hydrogen-bond donors (Lipinski definition) is 3. The van der Waals surface area contributed by atoms with Crippen LogP contribution in [0.4, 0.5) is 29.5 Å². The van der Waals surface area contributed by atoms with E-state index in [0.717, 1.165) is 17.7 Å². The van der Waals surface area contributed by atoms with Gasteiger partial charge in [0.1, 0.15) is 17.2 Å². The van der Waals surface area contributed by atoms with Crippen molar-refractivity contribution < 1.29 is 23.1 Å². The molecule has 1 atom stereocenters. The first-order chi connectivity index (χ1) is 16.8. The maximum absolute atomic E-state index is 13.3. The average Bonchev–Trinajstić information content (AvgIpc) is 2.80. The number of rotatable bonds is 4. The minimum absolute atomic E-state index is 0.0204. The van der Waals surface area contributed by atoms with Crippen molar-refractivity contribution in [1.82, 2.24) is 19.4 Å². The lowest BCUT2D eigenvalue weighted by atomic mass is 10.0. The number of aromatic nitrogens is 3. The van der Waals surface area contributed by atoms with Crippen LogP contribution in [0.1, 0.15) is 42.0 Å². The molecule has 36 heavy (non-hydrogen) atoms. The molecule has 1 amide bonds. The number of alkyl halides is 3. The molecule has 0 unspecified atom stereocenters. The Morgan fingerprint density at radius 1 is 1.22 bits per heavy atom. The molecule has 0 saturated carbocycles. The first kappa shape index (κ1) is 25.0. The molecule has 0 spiro atoms. The molecule has 190 valence electrons. The number of carbonyl (C=O) groups is 1. The van der Waals surface area contributed by atoms with Crippen molar-refractivity contribution in [3.63, 3.8) is 0 Å². The Morgan fingerprint density at radius 2 is 1.94 bits per heavy atom. The van der Waals surface area contributed by atoms with Gasteiger partial charge in [-0.15, -0.1) is 0 Å². The van der Waals surface area contributed by atoms with Crippen molar-refractivity contribution >= 4 is 34.1 Å². The number of benzene rings is 1. The lowest BCUT2D eigenvalue weighted by Crippen LogP contribution is -2.34. The average molecular weight is 502 g/mol. The van der Waals surface area contributed by atoms with E-state index in [0.29, 0.717) is 34.7 Å². The van der Waals surface area contributed by atoms with Crippen LogP contribution in [0.2, 0.25) is 0 Å². The molecule has 12 heteroatoms. The minimum Gasteiger partial charge on any atom is -0.465 e. The number of halogens is 3. The molecule has 0 aliphatic carbocycles. The third-order valence-electron chi connectivity index (χ3n) is 6.17. The highest BCUT2D eigenvalue weighted by atomic mass is 19.4. The molecule has 3 aromatic rings. The topological polar surface area (TPSA) is 126 Å². The fraction of sp³-hybridized carbons (Fsp3) is 0.333. The fourth-order valence-electron chi connectivity index (χ4n) is 4.26. The molecule has 4 N–H and O–H groups in total. The summed E-state index contributed by atoms with van der Waals surface area (Å²) in [5.74, 6) is 0.614. The lowest BCUT2D eigenvalue weighted by Gasteiger charge is -2.25. The Kier molecular flexibility index (Phi) is 6.37. The van der Waals surface area contributed by atoms with Crippen LogP contribution in [-0.2, 0) is 13.2 Å². The van der Waals surface area contributed by atoms with Crippen LogP contribution in [0.5, 0.6) is 0 Å². The predicted octanol–water partition coefficient (Wildman–Crippen LogP) is 4.18. The number of anilines is 2. The SMILES string of the molecule is Cc1nc(N[C@H](C)c2cc(N)cc(C(F)(F)F)c2)c2cc(C3=CCN(C(=O)O)CC3)n(C)c(=O)c2n1. The molecule has 1 aromatic carbocycles. The van der Waals surface area contributed by atoms with E-state index in [4.69, 9.17) is 5.73 Å². The van der Waals surface area contributed by atoms with Crippen LogP contribution in [0.15, 0.2) is 35.1 Å². The summed E-state index contributed by atoms with van der Waals surface area (Å²) in [7, 11) is 1.61. The smallest absolute Gasteiger partial charge is 0.416 e. The summed E-state index contributed by atoms with van der Waals surface area (Å²) in [5, 5.41) is 12.7. The highest BCUT2D eigenvalue weighted by molar-refractivity contribution is 5.91. The third-order valence-corrected chi connectivity index (χ3v) is 6.17. The molecular formula is C24H25F3N6O3. The molecule has 9 nitrogen and oxygen atoms in total. The normalized spacial score (nSPS) is 15.1. The molecule has 4 rings (SSSR count). The van der Waals surface area contributed by atoms with Crippen LogP contribution in [0.25, 0.3) is 16.5 Å². The molecule has 0 radical (unpaired) electrons. The minimum atomic E-state index is -4.55. The zero-order chi connectivity index (χ0) is 26.4. The molecule has 1 aliphatic heterocycles. The molecule has 0 bridgehead atoms. The second-order valence-corrected chi connectivity index (χ2v) is 8.74. The number of fused-ring (bicyclic) bond motifs is 1. The Bertz CT molecular complexity index is 1450. The number of hydrogen-bond acceptors (Lipinski definition) is 6. The van der Waals surface area contributed by atoms with Crippen LogP contribution >= 0.6 is 0 Å². The molecule has 0 saturated heterocycles. The van der Waals surface area contributed by atoms with E-state index in [2.05, 4.69) is 15.3 Å². The summed E-state index contributed by atoms with van der Waals surface area (Å²) in [5.41, 5.74) is 6.34. The summed E-state index contributed by atoms with van der Waals surface area (Å²) < 4.78 is 41.3. The standard InChI is InChI=1S/C24H25F3N6O3/c1-12(15-8-16(24(25,26)27)10-17(28)9-15)29-21-18-11-19(14-4-6-33(7-5-14)23(35)36)32(3)22(34)20(18)30-13(2)31-21/h4,8-12H,5-7,28H2,1-3H3,(H,35,36)(H,29,30,31)/t12-/m1/s1. The summed E-state index contributed by atoms with van der Waals surface area (Å²) in [6, 6.07) is 4.47. The maximum atomic E-state index is 13.3. The van der Waals surface area contributed by atoms with E-state index in [-0.39, 0.29) is 29.9 Å². The van der Waals surface area contributed by atoms with E-state index >= 15 is 0 Å². The van der Waals surface area contributed by atoms with Crippen molar-refractivity contribution in [2.75, 3.05) is 24.1 Å². The maximum Gasteiger partial charge on any atom is 0.416 e. The zero-order valence-corrected chi connectivity index (χ0v) is 19.8. The van der Waals surface area contributed by atoms with E-state index in [1.807, 2.05) is 0 Å². The van der Waals surface area contributed by atoms with Crippen molar-refractivity contribution in [1.29, 1.82) is 0 Å². The molecule has 0 fully saturated rings. The van der Waals surface area contributed by atoms with Crippen molar-refractivity contribution in [3.8, 4) is 0 Å². The Labute approximate surface area is 204 Å². The number of carboxylic acid groups (broad SMARTS) is 1. The van der Waals surface area contributed by atoms with Gasteiger partial charge in [-0.3, -0.25) is 4.79 Å². The number of nitrogens with zero attached hydrogens (tertiary/aromatic N) is 4. The van der Waals surface area contributed by atoms with Gasteiger partial charge in [-0.2, -0.15) is 13.2 Å². The third kappa shape index (κ3) is 4.83. The Hall–Kier alpha value is -4.09. The van der Waals surface area contributed by atoms with Crippen LogP contribution in [0.3, 0.4) is 0 Å². The van der Waals surface area contributed by atoms with E-state index in [1.165, 1.54) is 15.5 Å². The number of nitrogen functional groups attached to an aromatic ring is 1. The molecule has 1 aliphatic rings. The van der Waals surface area contributed by atoms with Crippen molar-refractivity contribution in [2.24, 2.45) is 7.05 Å². The largest absolute Gasteiger partial charge is 0.465 e. The predicted molar refractivity (Wildman–Crippen MR) is 130 cm³/mol. The highest BCUT2D eigenvalue weighted by Gasteiger charge is 2.31. The van der Waals surface area contributed by atoms with Gasteiger partial charge < -0.3 is 25.6 Å². The highest BCUT2D eigenvalue weighted by Crippen LogP contribution is 2.34. The summed E-state index contributed by atoms with van der Waals surface area (Å²) >= 11 is 0. The first-order valence-corrected chi connectivity index (χ1v) is 11.1. The summed E-state index contributed by atoms with van der Waals surface area (Å²) in [6.07, 6.45) is -3.39. The van der Waals surface area contributed by atoms with E-state index < -0.39 is 23.9 Å². The number of pyridine rings is 1. The molecule has 3 heterocycles.